The Kier molecular flexibility index (Phi) is 4.89. The summed E-state index contributed by atoms with van der Waals surface area (Å²) in [7, 11) is 1.57. The minimum atomic E-state index is -4.42. The molecule has 2 rings (SSSR count). The summed E-state index contributed by atoms with van der Waals surface area (Å²) in [4.78, 5) is 4.08. The van der Waals surface area contributed by atoms with Crippen molar-refractivity contribution in [2.75, 3.05) is 25.6 Å². The molecule has 0 unspecified atom stereocenters. The second kappa shape index (κ2) is 6.48. The summed E-state index contributed by atoms with van der Waals surface area (Å²) in [5.74, 6) is 0.461. The van der Waals surface area contributed by atoms with Crippen molar-refractivity contribution < 1.29 is 17.9 Å². The Morgan fingerprint density at radius 3 is 2.81 bits per heavy atom. The van der Waals surface area contributed by atoms with Gasteiger partial charge in [-0.2, -0.15) is 13.2 Å². The van der Waals surface area contributed by atoms with Gasteiger partial charge in [0.25, 0.3) is 0 Å². The van der Waals surface area contributed by atoms with Gasteiger partial charge in [-0.05, 0) is 18.2 Å². The van der Waals surface area contributed by atoms with Crippen LogP contribution in [0.15, 0.2) is 35.1 Å². The smallest absolute Gasteiger partial charge is 0.383 e. The third-order valence-corrected chi connectivity index (χ3v) is 3.46. The average molecular weight is 364 g/mol. The van der Waals surface area contributed by atoms with Crippen molar-refractivity contribution in [3.8, 4) is 5.69 Å². The number of aromatic nitrogens is 2. The van der Waals surface area contributed by atoms with E-state index in [4.69, 9.17) is 4.74 Å². The van der Waals surface area contributed by atoms with Gasteiger partial charge in [0.05, 0.1) is 12.2 Å². The molecule has 8 heteroatoms. The first-order valence-corrected chi connectivity index (χ1v) is 6.86. The topological polar surface area (TPSA) is 39.1 Å². The van der Waals surface area contributed by atoms with Crippen LogP contribution in [0.2, 0.25) is 0 Å². The Morgan fingerprint density at radius 1 is 1.38 bits per heavy atom. The number of alkyl halides is 3. The van der Waals surface area contributed by atoms with Crippen molar-refractivity contribution in [3.63, 3.8) is 0 Å². The van der Waals surface area contributed by atoms with Gasteiger partial charge < -0.3 is 10.1 Å². The number of ether oxygens (including phenoxy) is 1. The number of nitrogens with one attached hydrogen (secondary N) is 1. The molecule has 0 amide bonds. The third-order valence-electron chi connectivity index (χ3n) is 2.76. The summed E-state index contributed by atoms with van der Waals surface area (Å²) in [5.41, 5.74) is -0.348. The molecule has 0 atom stereocenters. The number of hydrogen-bond donors (Lipinski definition) is 1. The number of benzene rings is 1. The van der Waals surface area contributed by atoms with Crippen molar-refractivity contribution >= 4 is 21.9 Å². The van der Waals surface area contributed by atoms with Gasteiger partial charge >= 0.3 is 6.18 Å². The maximum atomic E-state index is 12.9. The summed E-state index contributed by atoms with van der Waals surface area (Å²) in [6.07, 6.45) is -1.30. The maximum absolute atomic E-state index is 12.9. The van der Waals surface area contributed by atoms with Crippen molar-refractivity contribution in [2.45, 2.75) is 6.18 Å². The molecule has 2 aromatic rings. The van der Waals surface area contributed by atoms with Crippen LogP contribution in [0.25, 0.3) is 5.69 Å². The molecule has 0 spiro atoms. The summed E-state index contributed by atoms with van der Waals surface area (Å²) < 4.78 is 45.3. The number of anilines is 1. The van der Waals surface area contributed by atoms with Crippen molar-refractivity contribution in [1.82, 2.24) is 9.55 Å². The zero-order valence-corrected chi connectivity index (χ0v) is 12.7. The highest BCUT2D eigenvalue weighted by molar-refractivity contribution is 9.10. The molecule has 0 radical (unpaired) electrons. The Balaban J connectivity index is 2.33. The Labute approximate surface area is 128 Å². The average Bonchev–Trinajstić information content (AvgIpc) is 2.87. The fourth-order valence-electron chi connectivity index (χ4n) is 1.79. The lowest BCUT2D eigenvalue weighted by Gasteiger charge is -2.13. The van der Waals surface area contributed by atoms with Gasteiger partial charge in [-0.15, -0.1) is 0 Å². The molecule has 0 aliphatic carbocycles. The van der Waals surface area contributed by atoms with E-state index >= 15 is 0 Å². The number of nitrogens with zero attached hydrogens (tertiary/aromatic N) is 2. The number of hydrogen-bond acceptors (Lipinski definition) is 3. The van der Waals surface area contributed by atoms with Crippen LogP contribution in [0.4, 0.5) is 19.1 Å². The van der Waals surface area contributed by atoms with E-state index in [-0.39, 0.29) is 4.47 Å². The number of rotatable bonds is 5. The SMILES string of the molecule is COCCNc1nccn1-c1ccc(Br)c(C(F)(F)F)c1. The van der Waals surface area contributed by atoms with Crippen LogP contribution in [-0.2, 0) is 10.9 Å². The van der Waals surface area contributed by atoms with E-state index in [1.165, 1.54) is 12.3 Å². The summed E-state index contributed by atoms with van der Waals surface area (Å²) >= 11 is 2.92. The molecule has 1 aromatic heterocycles. The Bertz CT molecular complexity index is 613. The largest absolute Gasteiger partial charge is 0.417 e. The molecule has 1 N–H and O–H groups in total. The third kappa shape index (κ3) is 3.76. The zero-order chi connectivity index (χ0) is 15.5. The van der Waals surface area contributed by atoms with Crippen LogP contribution in [0.3, 0.4) is 0 Å². The van der Waals surface area contributed by atoms with Crippen molar-refractivity contribution in [3.05, 3.63) is 40.6 Å². The summed E-state index contributed by atoms with van der Waals surface area (Å²) in [5, 5.41) is 3.00. The van der Waals surface area contributed by atoms with E-state index in [2.05, 4.69) is 26.2 Å². The van der Waals surface area contributed by atoms with E-state index in [0.29, 0.717) is 24.8 Å². The fourth-order valence-corrected chi connectivity index (χ4v) is 2.26. The standard InChI is InChI=1S/C13H13BrF3N3O/c1-21-7-5-19-12-18-4-6-20(12)9-2-3-11(14)10(8-9)13(15,16)17/h2-4,6,8H,5,7H2,1H3,(H,18,19). The number of halogens is 4. The Morgan fingerprint density at radius 2 is 2.14 bits per heavy atom. The van der Waals surface area contributed by atoms with Crippen LogP contribution in [0.5, 0.6) is 0 Å². The predicted octanol–water partition coefficient (Wildman–Crippen LogP) is 3.71. The van der Waals surface area contributed by atoms with E-state index < -0.39 is 11.7 Å². The van der Waals surface area contributed by atoms with E-state index in [9.17, 15) is 13.2 Å². The second-order valence-corrected chi connectivity index (χ2v) is 5.06. The molecule has 0 aliphatic rings. The normalized spacial score (nSPS) is 11.7. The molecule has 4 nitrogen and oxygen atoms in total. The van der Waals surface area contributed by atoms with Gasteiger partial charge in [-0.1, -0.05) is 15.9 Å². The number of imidazole rings is 1. The molecular formula is C13H13BrF3N3O. The molecule has 0 saturated heterocycles. The first-order valence-electron chi connectivity index (χ1n) is 6.06. The minimum absolute atomic E-state index is 0.00718. The highest BCUT2D eigenvalue weighted by atomic mass is 79.9. The quantitative estimate of drug-likeness (QED) is 0.823. The van der Waals surface area contributed by atoms with Crippen LogP contribution in [0, 0.1) is 0 Å². The van der Waals surface area contributed by atoms with Crippen LogP contribution < -0.4 is 5.32 Å². The molecule has 21 heavy (non-hydrogen) atoms. The molecule has 0 fully saturated rings. The zero-order valence-electron chi connectivity index (χ0n) is 11.1. The van der Waals surface area contributed by atoms with Crippen LogP contribution in [0.1, 0.15) is 5.56 Å². The van der Waals surface area contributed by atoms with Crippen LogP contribution in [-0.4, -0.2) is 29.8 Å². The Hall–Kier alpha value is -1.54. The van der Waals surface area contributed by atoms with Gasteiger partial charge in [0.1, 0.15) is 0 Å². The molecule has 1 aromatic carbocycles. The molecule has 0 saturated carbocycles. The lowest BCUT2D eigenvalue weighted by molar-refractivity contribution is -0.138. The molecule has 1 heterocycles. The summed E-state index contributed by atoms with van der Waals surface area (Å²) in [6, 6.07) is 4.03. The number of methoxy groups -OCH3 is 1. The highest BCUT2D eigenvalue weighted by Crippen LogP contribution is 2.36. The lowest BCUT2D eigenvalue weighted by atomic mass is 10.2. The van der Waals surface area contributed by atoms with Crippen molar-refractivity contribution in [1.29, 1.82) is 0 Å². The molecule has 114 valence electrons. The minimum Gasteiger partial charge on any atom is -0.383 e. The molecule has 0 bridgehead atoms. The summed E-state index contributed by atoms with van der Waals surface area (Å²) in [6.45, 7) is 0.983. The van der Waals surface area contributed by atoms with Gasteiger partial charge in [0, 0.05) is 36.2 Å². The lowest BCUT2D eigenvalue weighted by Crippen LogP contribution is -2.12. The van der Waals surface area contributed by atoms with Gasteiger partial charge in [0.2, 0.25) is 5.95 Å². The van der Waals surface area contributed by atoms with E-state index in [1.54, 1.807) is 23.9 Å². The van der Waals surface area contributed by atoms with E-state index in [0.717, 1.165) is 6.07 Å². The first-order chi connectivity index (χ1) is 9.93. The van der Waals surface area contributed by atoms with E-state index in [1.807, 2.05) is 0 Å². The predicted molar refractivity (Wildman–Crippen MR) is 76.6 cm³/mol. The van der Waals surface area contributed by atoms with Crippen molar-refractivity contribution in [2.24, 2.45) is 0 Å². The fraction of sp³-hybridized carbons (Fsp3) is 0.308. The van der Waals surface area contributed by atoms with Crippen LogP contribution >= 0.6 is 15.9 Å². The first kappa shape index (κ1) is 15.8. The monoisotopic (exact) mass is 363 g/mol. The molecule has 0 aliphatic heterocycles. The molecular weight excluding hydrogens is 351 g/mol. The second-order valence-electron chi connectivity index (χ2n) is 4.20. The maximum Gasteiger partial charge on any atom is 0.417 e. The van der Waals surface area contributed by atoms with Gasteiger partial charge in [-0.25, -0.2) is 4.98 Å². The van der Waals surface area contributed by atoms with Gasteiger partial charge in [0.15, 0.2) is 0 Å². The highest BCUT2D eigenvalue weighted by Gasteiger charge is 2.33. The van der Waals surface area contributed by atoms with Gasteiger partial charge in [-0.3, -0.25) is 4.57 Å².